The van der Waals surface area contributed by atoms with Gasteiger partial charge in [0.25, 0.3) is 0 Å². The molecule has 48 heteroatoms. The summed E-state index contributed by atoms with van der Waals surface area (Å²) in [6.07, 6.45) is -11.4. The predicted octanol–water partition coefficient (Wildman–Crippen LogP) is 9.49. The van der Waals surface area contributed by atoms with Gasteiger partial charge in [-0.15, -0.1) is 0 Å². The fraction of sp³-hybridized carbons (Fsp3) is 1.00. The highest BCUT2D eigenvalue weighted by Crippen LogP contribution is 2.69. The Morgan fingerprint density at radius 2 is 0.250 bits per heavy atom. The molecule has 0 aromatic carbocycles. The molecule has 0 heterocycles. The van der Waals surface area contributed by atoms with E-state index in [4.69, 9.17) is 85.6 Å². The Morgan fingerprint density at radius 1 is 0.140 bits per heavy atom. The van der Waals surface area contributed by atoms with Crippen molar-refractivity contribution in [2.24, 2.45) is 0 Å². The Hall–Kier alpha value is -2.79. The second-order valence-corrected chi connectivity index (χ2v) is 19.6. The van der Waals surface area contributed by atoms with Crippen molar-refractivity contribution in [3.05, 3.63) is 0 Å². The van der Waals surface area contributed by atoms with Crippen molar-refractivity contribution in [1.29, 1.82) is 0 Å². The fourth-order valence-corrected chi connectivity index (χ4v) is 6.64. The zero-order chi connectivity index (χ0) is 76.6. The summed E-state index contributed by atoms with van der Waals surface area (Å²) in [5, 5.41) is 8.59. The van der Waals surface area contributed by atoms with Gasteiger partial charge in [-0.1, -0.05) is 0 Å². The van der Waals surface area contributed by atoms with Crippen molar-refractivity contribution in [3.63, 3.8) is 0 Å². The maximum atomic E-state index is 14.2. The third kappa shape index (κ3) is 28.5. The van der Waals surface area contributed by atoms with Gasteiger partial charge in [0.05, 0.1) is 244 Å². The SMILES string of the molecule is OCCOCCOCCOCCOCCOCCOCCOCCOCCOCCOCCOCCOCCOCCOCCOCCOCCOCCOCCC(F)(F)C(F)(F)C(F)(F)C(F)(F)C(F)(F)C(F)(F)C(F)(F)C(F)(F)C(F)(F)C(F)(F)C(F)(F)C(F)(F)C(F)(F)C(F)(F)F. The molecular formula is C52H77F29O19. The third-order valence-corrected chi connectivity index (χ3v) is 12.3. The van der Waals surface area contributed by atoms with Crippen molar-refractivity contribution in [2.45, 2.75) is 89.6 Å². The highest BCUT2D eigenvalue weighted by Gasteiger charge is 3.01. The molecule has 0 aliphatic carbocycles. The molecule has 0 amide bonds. The van der Waals surface area contributed by atoms with E-state index in [1.165, 1.54) is 0 Å². The first-order chi connectivity index (χ1) is 46.3. The lowest BCUT2D eigenvalue weighted by molar-refractivity contribution is -0.487. The minimum atomic E-state index is -9.97. The van der Waals surface area contributed by atoms with Crippen LogP contribution in [0.3, 0.4) is 0 Å². The molecule has 0 aromatic heterocycles. The first-order valence-electron chi connectivity index (χ1n) is 29.3. The predicted molar refractivity (Wildman–Crippen MR) is 277 cm³/mol. The zero-order valence-corrected chi connectivity index (χ0v) is 52.6. The van der Waals surface area contributed by atoms with E-state index in [0.717, 1.165) is 0 Å². The lowest BCUT2D eigenvalue weighted by Gasteiger charge is -2.46. The first-order valence-corrected chi connectivity index (χ1v) is 29.3. The van der Waals surface area contributed by atoms with E-state index in [9.17, 15) is 127 Å². The van der Waals surface area contributed by atoms with Crippen LogP contribution in [0.1, 0.15) is 6.42 Å². The molecule has 1 N–H and O–H groups in total. The van der Waals surface area contributed by atoms with E-state index >= 15 is 0 Å². The number of aliphatic hydroxyl groups excluding tert-OH is 1. The van der Waals surface area contributed by atoms with Crippen molar-refractivity contribution in [2.75, 3.05) is 244 Å². The average molecular weight is 1560 g/mol. The van der Waals surface area contributed by atoms with Gasteiger partial charge in [-0.25, -0.2) is 0 Å². The second kappa shape index (κ2) is 46.3. The maximum absolute atomic E-state index is 14.2. The van der Waals surface area contributed by atoms with Gasteiger partial charge < -0.3 is 90.4 Å². The normalized spacial score (nSPS) is 14.3. The number of hydrogen-bond acceptors (Lipinski definition) is 19. The summed E-state index contributed by atoms with van der Waals surface area (Å²) >= 11 is 0. The molecule has 0 spiro atoms. The summed E-state index contributed by atoms with van der Waals surface area (Å²) in [5.41, 5.74) is 0. The Morgan fingerprint density at radius 3 is 0.380 bits per heavy atom. The quantitative estimate of drug-likeness (QED) is 0.0448. The van der Waals surface area contributed by atoms with Crippen LogP contribution in [0.25, 0.3) is 0 Å². The van der Waals surface area contributed by atoms with Crippen LogP contribution in [-0.4, -0.2) is 333 Å². The average Bonchev–Trinajstić information content (AvgIpc) is 0.682. The molecule has 0 fully saturated rings. The van der Waals surface area contributed by atoms with Gasteiger partial charge in [-0.05, 0) is 0 Å². The van der Waals surface area contributed by atoms with E-state index in [-0.39, 0.29) is 79.3 Å². The van der Waals surface area contributed by atoms with Gasteiger partial charge in [-0.3, -0.25) is 0 Å². The van der Waals surface area contributed by atoms with Crippen molar-refractivity contribution < 1.29 is 218 Å². The Balaban J connectivity index is 4.13. The lowest BCUT2D eigenvalue weighted by Crippen LogP contribution is -2.79. The summed E-state index contributed by atoms with van der Waals surface area (Å²) in [5.74, 6) is -121. The molecule has 0 saturated carbocycles. The van der Waals surface area contributed by atoms with Gasteiger partial charge in [0.1, 0.15) is 0 Å². The molecule has 0 radical (unpaired) electrons. The van der Waals surface area contributed by atoms with E-state index in [1.807, 2.05) is 0 Å². The summed E-state index contributed by atoms with van der Waals surface area (Å²) in [6.45, 7) is 5.46. The molecular weight excluding hydrogens is 1480 g/mol. The first kappa shape index (κ1) is 97.2. The number of ether oxygens (including phenoxy) is 18. The van der Waals surface area contributed by atoms with Crippen molar-refractivity contribution in [3.8, 4) is 0 Å². The summed E-state index contributed by atoms with van der Waals surface area (Å²) in [7, 11) is 0. The van der Waals surface area contributed by atoms with Gasteiger partial charge in [0.2, 0.25) is 0 Å². The van der Waals surface area contributed by atoms with Gasteiger partial charge >= 0.3 is 83.2 Å². The van der Waals surface area contributed by atoms with Crippen LogP contribution in [0.2, 0.25) is 0 Å². The van der Waals surface area contributed by atoms with E-state index in [1.54, 1.807) is 0 Å². The molecule has 0 bridgehead atoms. The van der Waals surface area contributed by atoms with Crippen LogP contribution < -0.4 is 0 Å². The molecule has 19 nitrogen and oxygen atoms in total. The smallest absolute Gasteiger partial charge is 0.394 e. The highest BCUT2D eigenvalue weighted by molar-refractivity contribution is 5.21. The Labute approximate surface area is 551 Å². The Kier molecular flexibility index (Phi) is 45.0. The van der Waals surface area contributed by atoms with Crippen LogP contribution in [0.5, 0.6) is 0 Å². The number of hydrogen-bond donors (Lipinski definition) is 1. The van der Waals surface area contributed by atoms with Crippen molar-refractivity contribution in [1.82, 2.24) is 0 Å². The fourth-order valence-electron chi connectivity index (χ4n) is 6.64. The number of rotatable bonds is 68. The maximum Gasteiger partial charge on any atom is 0.460 e. The Bertz CT molecular complexity index is 2080. The molecule has 100 heavy (non-hydrogen) atoms. The molecule has 602 valence electrons. The number of aliphatic hydroxyl groups is 1. The summed E-state index contributed by atoms with van der Waals surface area (Å²) in [4.78, 5) is 0. The van der Waals surface area contributed by atoms with Gasteiger partial charge in [0.15, 0.2) is 0 Å². The largest absolute Gasteiger partial charge is 0.460 e. The molecule has 0 saturated heterocycles. The number of halogens is 29. The summed E-state index contributed by atoms with van der Waals surface area (Å²) in [6, 6.07) is 0. The monoisotopic (exact) mass is 1560 g/mol. The van der Waals surface area contributed by atoms with Crippen LogP contribution in [-0.2, 0) is 85.3 Å². The molecule has 0 rings (SSSR count). The van der Waals surface area contributed by atoms with E-state index < -0.39 is 109 Å². The van der Waals surface area contributed by atoms with Gasteiger partial charge in [-0.2, -0.15) is 127 Å². The lowest BCUT2D eigenvalue weighted by atomic mass is 9.83. The minimum absolute atomic E-state index is 0.0174. The van der Waals surface area contributed by atoms with Gasteiger partial charge in [0, 0.05) is 6.42 Å². The summed E-state index contributed by atoms with van der Waals surface area (Å²) < 4.78 is 494. The van der Waals surface area contributed by atoms with Crippen LogP contribution >= 0.6 is 0 Å². The molecule has 0 aliphatic heterocycles. The van der Waals surface area contributed by atoms with Crippen LogP contribution in [0.4, 0.5) is 127 Å². The highest BCUT2D eigenvalue weighted by atomic mass is 19.4. The molecule has 0 aromatic rings. The molecule has 0 atom stereocenters. The second-order valence-electron chi connectivity index (χ2n) is 19.6. The number of alkyl halides is 29. The third-order valence-electron chi connectivity index (χ3n) is 12.3. The van der Waals surface area contributed by atoms with Crippen LogP contribution in [0.15, 0.2) is 0 Å². The minimum Gasteiger partial charge on any atom is -0.394 e. The van der Waals surface area contributed by atoms with Crippen LogP contribution in [0, 0.1) is 0 Å². The van der Waals surface area contributed by atoms with Crippen molar-refractivity contribution >= 4 is 0 Å². The topological polar surface area (TPSA) is 186 Å². The van der Waals surface area contributed by atoms with E-state index in [0.29, 0.717) is 145 Å². The molecule has 0 aliphatic rings. The van der Waals surface area contributed by atoms with E-state index in [2.05, 4.69) is 4.74 Å². The molecule has 0 unspecified atom stereocenters. The standard InChI is InChI=1S/C52H77F29O19/c53-39(54,40(55,56)41(57,58)42(59,60)43(61,62)44(63,64)45(65,66)46(67,68)47(69,70)48(71,72)49(73,74)50(75,76)51(77,78)52(79,80)81)1-3-83-5-7-85-9-11-87-13-15-89-17-19-91-21-23-93-25-27-95-29-31-97-33-35-99-37-38-100-36-34-98-32-30-96-28-26-94-24-22-92-20-18-90-16-14-88-12-10-86-8-6-84-4-2-82/h82H,1-38H2. The zero-order valence-electron chi connectivity index (χ0n) is 52.6.